The standard InChI is InChI=1S/C16H14N2O/c1-11-8-9-18-16(10-11)19-15-7-6-14(17)12-4-2-3-5-13(12)15/h2-10H,17H2,1H3. The van der Waals surface area contributed by atoms with Gasteiger partial charge in [-0.2, -0.15) is 0 Å². The fraction of sp³-hybridized carbons (Fsp3) is 0.0625. The average molecular weight is 250 g/mol. The van der Waals surface area contributed by atoms with Gasteiger partial charge in [-0.05, 0) is 30.7 Å². The predicted molar refractivity (Wildman–Crippen MR) is 77.4 cm³/mol. The monoisotopic (exact) mass is 250 g/mol. The Bertz CT molecular complexity index is 738. The molecule has 2 N–H and O–H groups in total. The average Bonchev–Trinajstić information content (AvgIpc) is 2.42. The number of ether oxygens (including phenoxy) is 1. The van der Waals surface area contributed by atoms with Crippen molar-refractivity contribution in [3.05, 3.63) is 60.3 Å². The van der Waals surface area contributed by atoms with Crippen LogP contribution in [-0.2, 0) is 0 Å². The van der Waals surface area contributed by atoms with E-state index in [9.17, 15) is 0 Å². The van der Waals surface area contributed by atoms with Gasteiger partial charge in [0.05, 0.1) is 0 Å². The lowest BCUT2D eigenvalue weighted by molar-refractivity contribution is 0.468. The summed E-state index contributed by atoms with van der Waals surface area (Å²) in [5.74, 6) is 1.36. The minimum Gasteiger partial charge on any atom is -0.438 e. The van der Waals surface area contributed by atoms with Crippen LogP contribution in [-0.4, -0.2) is 4.98 Å². The second-order valence-corrected chi connectivity index (χ2v) is 4.47. The highest BCUT2D eigenvalue weighted by molar-refractivity contribution is 5.97. The molecule has 3 aromatic rings. The van der Waals surface area contributed by atoms with E-state index in [-0.39, 0.29) is 0 Å². The summed E-state index contributed by atoms with van der Waals surface area (Å²) in [5, 5.41) is 1.98. The van der Waals surface area contributed by atoms with Crippen LogP contribution in [0.25, 0.3) is 10.8 Å². The van der Waals surface area contributed by atoms with E-state index in [1.54, 1.807) is 6.20 Å². The molecule has 0 saturated carbocycles. The van der Waals surface area contributed by atoms with Crippen LogP contribution in [0.15, 0.2) is 54.7 Å². The molecule has 0 radical (unpaired) electrons. The number of hydrogen-bond donors (Lipinski definition) is 1. The Morgan fingerprint density at radius 1 is 1.00 bits per heavy atom. The number of fused-ring (bicyclic) bond motifs is 1. The molecule has 0 unspecified atom stereocenters. The molecule has 3 nitrogen and oxygen atoms in total. The number of rotatable bonds is 2. The van der Waals surface area contributed by atoms with E-state index in [0.29, 0.717) is 5.88 Å². The summed E-state index contributed by atoms with van der Waals surface area (Å²) in [7, 11) is 0. The third-order valence-electron chi connectivity index (χ3n) is 3.02. The number of anilines is 1. The highest BCUT2D eigenvalue weighted by Crippen LogP contribution is 2.32. The molecule has 0 amide bonds. The molecule has 0 bridgehead atoms. The van der Waals surface area contributed by atoms with Crippen LogP contribution in [0.2, 0.25) is 0 Å². The van der Waals surface area contributed by atoms with Crippen LogP contribution >= 0.6 is 0 Å². The number of pyridine rings is 1. The number of hydrogen-bond acceptors (Lipinski definition) is 3. The zero-order valence-corrected chi connectivity index (χ0v) is 10.6. The molecular formula is C16H14N2O. The Morgan fingerprint density at radius 3 is 2.58 bits per heavy atom. The number of nitrogens with two attached hydrogens (primary N) is 1. The minimum atomic E-state index is 0.593. The summed E-state index contributed by atoms with van der Waals surface area (Å²) in [5.41, 5.74) is 7.84. The highest BCUT2D eigenvalue weighted by Gasteiger charge is 2.06. The molecule has 1 aromatic heterocycles. The fourth-order valence-electron chi connectivity index (χ4n) is 2.06. The molecule has 0 aliphatic rings. The van der Waals surface area contributed by atoms with Gasteiger partial charge in [0.2, 0.25) is 5.88 Å². The van der Waals surface area contributed by atoms with Crippen molar-refractivity contribution in [3.63, 3.8) is 0 Å². The summed E-state index contributed by atoms with van der Waals surface area (Å²) in [6, 6.07) is 15.5. The molecule has 3 rings (SSSR count). The van der Waals surface area contributed by atoms with Gasteiger partial charge >= 0.3 is 0 Å². The lowest BCUT2D eigenvalue weighted by Crippen LogP contribution is -1.92. The number of nitrogens with zero attached hydrogens (tertiary/aromatic N) is 1. The quantitative estimate of drug-likeness (QED) is 0.701. The highest BCUT2D eigenvalue weighted by atomic mass is 16.5. The lowest BCUT2D eigenvalue weighted by Gasteiger charge is -2.10. The normalized spacial score (nSPS) is 10.6. The second kappa shape index (κ2) is 4.61. The van der Waals surface area contributed by atoms with E-state index in [2.05, 4.69) is 4.98 Å². The van der Waals surface area contributed by atoms with Crippen molar-refractivity contribution in [3.8, 4) is 11.6 Å². The van der Waals surface area contributed by atoms with Gasteiger partial charge in [0.25, 0.3) is 0 Å². The summed E-state index contributed by atoms with van der Waals surface area (Å²) in [4.78, 5) is 4.21. The molecule has 0 atom stereocenters. The first-order chi connectivity index (χ1) is 9.24. The van der Waals surface area contributed by atoms with Gasteiger partial charge in [0.1, 0.15) is 5.75 Å². The number of benzene rings is 2. The lowest BCUT2D eigenvalue weighted by atomic mass is 10.1. The van der Waals surface area contributed by atoms with E-state index in [4.69, 9.17) is 10.5 Å². The zero-order chi connectivity index (χ0) is 13.2. The largest absolute Gasteiger partial charge is 0.438 e. The molecule has 19 heavy (non-hydrogen) atoms. The summed E-state index contributed by atoms with van der Waals surface area (Å²) in [6.45, 7) is 2.01. The second-order valence-electron chi connectivity index (χ2n) is 4.47. The van der Waals surface area contributed by atoms with E-state index >= 15 is 0 Å². The first-order valence-electron chi connectivity index (χ1n) is 6.12. The summed E-state index contributed by atoms with van der Waals surface area (Å²) < 4.78 is 5.86. The maximum Gasteiger partial charge on any atom is 0.219 e. The molecule has 0 spiro atoms. The Labute approximate surface area is 111 Å². The van der Waals surface area contributed by atoms with Crippen LogP contribution < -0.4 is 10.5 Å². The molecule has 1 heterocycles. The predicted octanol–water partition coefficient (Wildman–Crippen LogP) is 3.92. The molecule has 0 fully saturated rings. The first kappa shape index (κ1) is 11.5. The minimum absolute atomic E-state index is 0.593. The summed E-state index contributed by atoms with van der Waals surface area (Å²) in [6.07, 6.45) is 1.74. The molecule has 0 saturated heterocycles. The Kier molecular flexibility index (Phi) is 2.80. The number of nitrogen functional groups attached to an aromatic ring is 1. The van der Waals surface area contributed by atoms with Crippen molar-refractivity contribution in [1.82, 2.24) is 4.98 Å². The van der Waals surface area contributed by atoms with Gasteiger partial charge in [0.15, 0.2) is 0 Å². The van der Waals surface area contributed by atoms with Gasteiger partial charge in [-0.3, -0.25) is 0 Å². The molecule has 3 heteroatoms. The summed E-state index contributed by atoms with van der Waals surface area (Å²) >= 11 is 0. The van der Waals surface area contributed by atoms with Crippen molar-refractivity contribution in [1.29, 1.82) is 0 Å². The van der Waals surface area contributed by atoms with Gasteiger partial charge in [-0.15, -0.1) is 0 Å². The van der Waals surface area contributed by atoms with Gasteiger partial charge in [-0.1, -0.05) is 24.3 Å². The molecule has 0 aliphatic heterocycles. The third-order valence-corrected chi connectivity index (χ3v) is 3.02. The van der Waals surface area contributed by atoms with Crippen LogP contribution in [0.5, 0.6) is 11.6 Å². The Hall–Kier alpha value is -2.55. The van der Waals surface area contributed by atoms with Crippen molar-refractivity contribution in [2.45, 2.75) is 6.92 Å². The van der Waals surface area contributed by atoms with E-state index in [1.807, 2.05) is 55.5 Å². The van der Waals surface area contributed by atoms with Crippen molar-refractivity contribution >= 4 is 16.5 Å². The van der Waals surface area contributed by atoms with Crippen molar-refractivity contribution in [2.24, 2.45) is 0 Å². The van der Waals surface area contributed by atoms with Crippen LogP contribution in [0.1, 0.15) is 5.56 Å². The van der Waals surface area contributed by atoms with E-state index < -0.39 is 0 Å². The van der Waals surface area contributed by atoms with E-state index in [0.717, 1.165) is 27.8 Å². The van der Waals surface area contributed by atoms with Gasteiger partial charge in [-0.25, -0.2) is 4.98 Å². The van der Waals surface area contributed by atoms with E-state index in [1.165, 1.54) is 0 Å². The fourth-order valence-corrected chi connectivity index (χ4v) is 2.06. The molecule has 94 valence electrons. The number of aromatic nitrogens is 1. The van der Waals surface area contributed by atoms with Crippen LogP contribution in [0.4, 0.5) is 5.69 Å². The topological polar surface area (TPSA) is 48.1 Å². The van der Waals surface area contributed by atoms with Gasteiger partial charge in [0, 0.05) is 28.7 Å². The Morgan fingerprint density at radius 2 is 1.79 bits per heavy atom. The van der Waals surface area contributed by atoms with Gasteiger partial charge < -0.3 is 10.5 Å². The molecule has 2 aromatic carbocycles. The molecule has 0 aliphatic carbocycles. The van der Waals surface area contributed by atoms with Crippen molar-refractivity contribution < 1.29 is 4.74 Å². The molecular weight excluding hydrogens is 236 g/mol. The number of aryl methyl sites for hydroxylation is 1. The third kappa shape index (κ3) is 2.22. The maximum absolute atomic E-state index is 5.97. The van der Waals surface area contributed by atoms with Crippen molar-refractivity contribution in [2.75, 3.05) is 5.73 Å². The van der Waals surface area contributed by atoms with Crippen LogP contribution in [0.3, 0.4) is 0 Å². The first-order valence-corrected chi connectivity index (χ1v) is 6.12. The van der Waals surface area contributed by atoms with Crippen LogP contribution in [0, 0.1) is 6.92 Å². The Balaban J connectivity index is 2.09. The smallest absolute Gasteiger partial charge is 0.219 e. The zero-order valence-electron chi connectivity index (χ0n) is 10.6. The SMILES string of the molecule is Cc1ccnc(Oc2ccc(N)c3ccccc23)c1. The maximum atomic E-state index is 5.97.